The van der Waals surface area contributed by atoms with E-state index in [1.165, 1.54) is 23.1 Å². The Balaban J connectivity index is 1.37. The molecule has 164 valence electrons. The lowest BCUT2D eigenvalue weighted by molar-refractivity contribution is -0.119. The van der Waals surface area contributed by atoms with Gasteiger partial charge in [0.15, 0.2) is 4.34 Å². The highest BCUT2D eigenvalue weighted by Crippen LogP contribution is 2.31. The Morgan fingerprint density at radius 3 is 2.81 bits per heavy atom. The average Bonchev–Trinajstić information content (AvgIpc) is 3.40. The number of anilines is 1. The number of nitrogens with zero attached hydrogens (tertiary/aromatic N) is 1. The minimum absolute atomic E-state index is 0.0497. The predicted octanol–water partition coefficient (Wildman–Crippen LogP) is 3.79. The molecule has 7 nitrogen and oxygen atoms in total. The first-order valence-electron chi connectivity index (χ1n) is 9.90. The van der Waals surface area contributed by atoms with Gasteiger partial charge in [0.2, 0.25) is 5.91 Å². The van der Waals surface area contributed by atoms with Crippen LogP contribution < -0.4 is 10.0 Å². The fourth-order valence-corrected chi connectivity index (χ4v) is 6.16. The van der Waals surface area contributed by atoms with Gasteiger partial charge in [0.25, 0.3) is 10.0 Å². The molecule has 1 saturated heterocycles. The first-order valence-corrected chi connectivity index (χ1v) is 13.2. The van der Waals surface area contributed by atoms with Crippen LogP contribution >= 0.6 is 23.1 Å². The number of ether oxygens (including phenoxy) is 1. The molecule has 4 rings (SSSR count). The second-order valence-corrected chi connectivity index (χ2v) is 11.2. The van der Waals surface area contributed by atoms with Crippen LogP contribution in [0.1, 0.15) is 18.4 Å². The molecule has 0 bridgehead atoms. The van der Waals surface area contributed by atoms with Gasteiger partial charge in [-0.05, 0) is 50.1 Å². The fraction of sp³-hybridized carbons (Fsp3) is 0.333. The maximum absolute atomic E-state index is 12.6. The summed E-state index contributed by atoms with van der Waals surface area (Å²) in [5.41, 5.74) is 2.24. The molecule has 1 atom stereocenters. The number of benzene rings is 2. The number of nitrogens with one attached hydrogen (secondary N) is 2. The molecular weight excluding hydrogens is 454 g/mol. The summed E-state index contributed by atoms with van der Waals surface area (Å²) in [6.45, 7) is 3.22. The summed E-state index contributed by atoms with van der Waals surface area (Å²) in [7, 11) is -3.66. The summed E-state index contributed by atoms with van der Waals surface area (Å²) >= 11 is 2.80. The third kappa shape index (κ3) is 5.76. The molecule has 1 amide bonds. The van der Waals surface area contributed by atoms with Crippen molar-refractivity contribution in [1.82, 2.24) is 10.3 Å². The number of hydrogen-bond acceptors (Lipinski definition) is 7. The van der Waals surface area contributed by atoms with Crippen molar-refractivity contribution in [3.8, 4) is 0 Å². The highest BCUT2D eigenvalue weighted by atomic mass is 32.2. The van der Waals surface area contributed by atoms with E-state index in [2.05, 4.69) is 15.0 Å². The number of thiazole rings is 1. The highest BCUT2D eigenvalue weighted by molar-refractivity contribution is 8.01. The largest absolute Gasteiger partial charge is 0.376 e. The third-order valence-electron chi connectivity index (χ3n) is 4.83. The summed E-state index contributed by atoms with van der Waals surface area (Å²) in [5, 5.41) is 2.90. The topological polar surface area (TPSA) is 97.4 Å². The number of carbonyl (C=O) groups excluding carboxylic acids is 1. The monoisotopic (exact) mass is 477 g/mol. The molecule has 1 aliphatic rings. The number of sulfonamides is 1. The number of aryl methyl sites for hydroxylation is 1. The Labute approximate surface area is 189 Å². The van der Waals surface area contributed by atoms with Gasteiger partial charge in [-0.1, -0.05) is 29.5 Å². The second-order valence-electron chi connectivity index (χ2n) is 7.31. The van der Waals surface area contributed by atoms with Gasteiger partial charge in [0, 0.05) is 13.2 Å². The molecule has 2 N–H and O–H groups in total. The zero-order valence-electron chi connectivity index (χ0n) is 17.0. The minimum Gasteiger partial charge on any atom is -0.376 e. The number of fused-ring (bicyclic) bond motifs is 1. The number of rotatable bonds is 8. The van der Waals surface area contributed by atoms with E-state index in [-0.39, 0.29) is 22.7 Å². The van der Waals surface area contributed by atoms with Crippen LogP contribution in [0.4, 0.5) is 5.69 Å². The van der Waals surface area contributed by atoms with Crippen molar-refractivity contribution in [3.05, 3.63) is 48.0 Å². The second kappa shape index (κ2) is 9.56. The lowest BCUT2D eigenvalue weighted by Crippen LogP contribution is -2.32. The Kier molecular flexibility index (Phi) is 6.80. The van der Waals surface area contributed by atoms with Crippen LogP contribution in [0.25, 0.3) is 10.2 Å². The maximum atomic E-state index is 12.6. The van der Waals surface area contributed by atoms with E-state index in [0.717, 1.165) is 39.6 Å². The van der Waals surface area contributed by atoms with E-state index in [1.54, 1.807) is 42.5 Å². The SMILES string of the molecule is Cc1ccc(S(=O)(=O)Nc2ccc3nc(SCC(=O)NC[C@H]4CCCO4)sc3c2)cc1. The van der Waals surface area contributed by atoms with Crippen molar-refractivity contribution >= 4 is 54.9 Å². The van der Waals surface area contributed by atoms with Crippen molar-refractivity contribution in [1.29, 1.82) is 0 Å². The molecule has 0 saturated carbocycles. The molecule has 0 aliphatic carbocycles. The normalized spacial score (nSPS) is 16.5. The van der Waals surface area contributed by atoms with Gasteiger partial charge >= 0.3 is 0 Å². The van der Waals surface area contributed by atoms with Crippen molar-refractivity contribution in [2.75, 3.05) is 23.6 Å². The first kappa shape index (κ1) is 22.1. The molecule has 1 fully saturated rings. The smallest absolute Gasteiger partial charge is 0.261 e. The predicted molar refractivity (Wildman–Crippen MR) is 124 cm³/mol. The Morgan fingerprint density at radius 2 is 2.06 bits per heavy atom. The Morgan fingerprint density at radius 1 is 1.26 bits per heavy atom. The number of aromatic nitrogens is 1. The molecule has 10 heteroatoms. The third-order valence-corrected chi connectivity index (χ3v) is 8.39. The van der Waals surface area contributed by atoms with E-state index in [0.29, 0.717) is 12.2 Å². The van der Waals surface area contributed by atoms with Crippen LogP contribution in [-0.2, 0) is 19.6 Å². The van der Waals surface area contributed by atoms with Crippen molar-refractivity contribution in [3.63, 3.8) is 0 Å². The van der Waals surface area contributed by atoms with E-state index in [1.807, 2.05) is 6.92 Å². The van der Waals surface area contributed by atoms with E-state index >= 15 is 0 Å². The number of carbonyl (C=O) groups is 1. The van der Waals surface area contributed by atoms with Crippen LogP contribution in [0, 0.1) is 6.92 Å². The molecule has 1 aliphatic heterocycles. The summed E-state index contributed by atoms with van der Waals surface area (Å²) in [6.07, 6.45) is 2.16. The highest BCUT2D eigenvalue weighted by Gasteiger charge is 2.17. The van der Waals surface area contributed by atoms with E-state index in [4.69, 9.17) is 4.74 Å². The van der Waals surface area contributed by atoms with E-state index < -0.39 is 10.0 Å². The lowest BCUT2D eigenvalue weighted by atomic mass is 10.2. The van der Waals surface area contributed by atoms with E-state index in [9.17, 15) is 13.2 Å². The van der Waals surface area contributed by atoms with Crippen molar-refractivity contribution in [2.24, 2.45) is 0 Å². The lowest BCUT2D eigenvalue weighted by Gasteiger charge is -2.09. The van der Waals surface area contributed by atoms with Gasteiger partial charge in [-0.3, -0.25) is 9.52 Å². The van der Waals surface area contributed by atoms with Crippen molar-refractivity contribution < 1.29 is 17.9 Å². The summed E-state index contributed by atoms with van der Waals surface area (Å²) < 4.78 is 35.0. The van der Waals surface area contributed by atoms with Gasteiger partial charge < -0.3 is 10.1 Å². The fourth-order valence-electron chi connectivity index (χ4n) is 3.17. The zero-order valence-corrected chi connectivity index (χ0v) is 19.4. The molecule has 2 heterocycles. The number of hydrogen-bond donors (Lipinski definition) is 2. The summed E-state index contributed by atoms with van der Waals surface area (Å²) in [5.74, 6) is 0.228. The molecule has 0 unspecified atom stereocenters. The quantitative estimate of drug-likeness (QED) is 0.479. The Hall–Kier alpha value is -2.14. The van der Waals surface area contributed by atoms with Gasteiger partial charge in [-0.2, -0.15) is 0 Å². The summed E-state index contributed by atoms with van der Waals surface area (Å²) in [6, 6.07) is 11.9. The molecule has 1 aromatic heterocycles. The molecular formula is C21H23N3O4S3. The van der Waals surface area contributed by atoms with Crippen LogP contribution in [-0.4, -0.2) is 44.3 Å². The standard InChI is InChI=1S/C21H23N3O4S3/c1-14-4-7-17(8-5-14)31(26,27)24-15-6-9-18-19(11-15)30-21(23-18)29-13-20(25)22-12-16-3-2-10-28-16/h4-9,11,16,24H,2-3,10,12-13H2,1H3,(H,22,25)/t16-/m1/s1. The molecule has 31 heavy (non-hydrogen) atoms. The Bertz CT molecular complexity index is 1170. The molecule has 0 radical (unpaired) electrons. The van der Waals surface area contributed by atoms with Crippen molar-refractivity contribution in [2.45, 2.75) is 35.1 Å². The van der Waals surface area contributed by atoms with Crippen LogP contribution in [0.2, 0.25) is 0 Å². The average molecular weight is 478 g/mol. The molecule has 2 aromatic carbocycles. The van der Waals surface area contributed by atoms with Gasteiger partial charge in [0.1, 0.15) is 0 Å². The van der Waals surface area contributed by atoms with Crippen LogP contribution in [0.15, 0.2) is 51.7 Å². The van der Waals surface area contributed by atoms with Gasteiger partial charge in [-0.25, -0.2) is 13.4 Å². The first-order chi connectivity index (χ1) is 14.9. The maximum Gasteiger partial charge on any atom is 0.261 e. The van der Waals surface area contributed by atoms with Crippen LogP contribution in [0.3, 0.4) is 0 Å². The summed E-state index contributed by atoms with van der Waals surface area (Å²) in [4.78, 5) is 16.8. The number of amides is 1. The minimum atomic E-state index is -3.66. The van der Waals surface area contributed by atoms with Gasteiger partial charge in [0.05, 0.1) is 32.7 Å². The number of thioether (sulfide) groups is 1. The molecule has 3 aromatic rings. The van der Waals surface area contributed by atoms with Crippen LogP contribution in [0.5, 0.6) is 0 Å². The zero-order chi connectivity index (χ0) is 21.8. The van der Waals surface area contributed by atoms with Gasteiger partial charge in [-0.15, -0.1) is 11.3 Å². The molecule has 0 spiro atoms.